The summed E-state index contributed by atoms with van der Waals surface area (Å²) in [7, 11) is 0. The summed E-state index contributed by atoms with van der Waals surface area (Å²) < 4.78 is 0. The fraction of sp³-hybridized carbons (Fsp3) is 0.154. The predicted molar refractivity (Wildman–Crippen MR) is 78.8 cm³/mol. The Kier molecular flexibility index (Phi) is 2.76. The Morgan fingerprint density at radius 3 is 2.65 bits per heavy atom. The normalized spacial score (nSPS) is 10.9. The van der Waals surface area contributed by atoms with Crippen LogP contribution >= 0.6 is 0 Å². The standard InChI is InChI=1S/C13H15N7/c1-6-11(7(2)20-19-6)8-3-4-10-9(5-8)12(18-15)17-13(14)16-10/h3-5H,15H2,1-2H3,(H,19,20)(H3,14,16,17,18). The highest BCUT2D eigenvalue weighted by atomic mass is 15.3. The molecule has 0 saturated heterocycles. The number of nitrogen functional groups attached to an aromatic ring is 2. The number of fused-ring (bicyclic) bond motifs is 1. The zero-order valence-corrected chi connectivity index (χ0v) is 11.2. The first-order valence-electron chi connectivity index (χ1n) is 6.16. The van der Waals surface area contributed by atoms with E-state index in [1.807, 2.05) is 32.0 Å². The number of aromatic amines is 1. The van der Waals surface area contributed by atoms with E-state index in [9.17, 15) is 0 Å². The molecule has 0 aliphatic rings. The quantitative estimate of drug-likeness (QED) is 0.413. The number of anilines is 2. The van der Waals surface area contributed by atoms with E-state index < -0.39 is 0 Å². The number of nitrogens with zero attached hydrogens (tertiary/aromatic N) is 3. The number of nitrogens with one attached hydrogen (secondary N) is 2. The number of aryl methyl sites for hydroxylation is 2. The van der Waals surface area contributed by atoms with Crippen LogP contribution in [0.4, 0.5) is 11.8 Å². The van der Waals surface area contributed by atoms with Gasteiger partial charge in [-0.15, -0.1) is 0 Å². The molecule has 20 heavy (non-hydrogen) atoms. The summed E-state index contributed by atoms with van der Waals surface area (Å²) in [5.41, 5.74) is 13.0. The van der Waals surface area contributed by atoms with E-state index in [1.54, 1.807) is 0 Å². The minimum atomic E-state index is 0.189. The van der Waals surface area contributed by atoms with Crippen molar-refractivity contribution in [3.63, 3.8) is 0 Å². The number of benzene rings is 1. The molecule has 7 heteroatoms. The molecule has 0 saturated carbocycles. The number of nitrogens with two attached hydrogens (primary N) is 2. The molecule has 6 N–H and O–H groups in total. The largest absolute Gasteiger partial charge is 0.368 e. The van der Waals surface area contributed by atoms with E-state index in [0.717, 1.165) is 33.4 Å². The Hall–Kier alpha value is -2.67. The highest BCUT2D eigenvalue weighted by Crippen LogP contribution is 2.30. The SMILES string of the molecule is Cc1n[nH]c(C)c1-c1ccc2nc(N)nc(NN)c2c1. The summed E-state index contributed by atoms with van der Waals surface area (Å²) in [4.78, 5) is 8.29. The first kappa shape index (κ1) is 12.4. The molecular weight excluding hydrogens is 254 g/mol. The topological polar surface area (TPSA) is 119 Å². The third-order valence-corrected chi connectivity index (χ3v) is 3.27. The molecule has 0 amide bonds. The fourth-order valence-corrected chi connectivity index (χ4v) is 2.39. The minimum absolute atomic E-state index is 0.189. The van der Waals surface area contributed by atoms with Crippen molar-refractivity contribution in [1.29, 1.82) is 0 Å². The average molecular weight is 269 g/mol. The molecule has 0 bridgehead atoms. The van der Waals surface area contributed by atoms with Gasteiger partial charge in [-0.05, 0) is 31.5 Å². The summed E-state index contributed by atoms with van der Waals surface area (Å²) in [6, 6.07) is 5.87. The molecule has 0 aliphatic heterocycles. The third-order valence-electron chi connectivity index (χ3n) is 3.27. The Balaban J connectivity index is 2.28. The Labute approximate surface area is 115 Å². The molecule has 0 atom stereocenters. The average Bonchev–Trinajstić information content (AvgIpc) is 2.77. The smallest absolute Gasteiger partial charge is 0.222 e. The third kappa shape index (κ3) is 1.84. The van der Waals surface area contributed by atoms with Gasteiger partial charge in [-0.3, -0.25) is 5.10 Å². The summed E-state index contributed by atoms with van der Waals surface area (Å²) >= 11 is 0. The van der Waals surface area contributed by atoms with Crippen LogP contribution in [0.3, 0.4) is 0 Å². The lowest BCUT2D eigenvalue weighted by molar-refractivity contribution is 1.02. The van der Waals surface area contributed by atoms with E-state index >= 15 is 0 Å². The van der Waals surface area contributed by atoms with E-state index in [-0.39, 0.29) is 5.95 Å². The molecule has 0 unspecified atom stereocenters. The van der Waals surface area contributed by atoms with E-state index in [2.05, 4.69) is 25.6 Å². The van der Waals surface area contributed by atoms with Gasteiger partial charge in [0.05, 0.1) is 11.2 Å². The van der Waals surface area contributed by atoms with Gasteiger partial charge in [0.15, 0.2) is 5.82 Å². The van der Waals surface area contributed by atoms with Crippen LogP contribution in [-0.2, 0) is 0 Å². The van der Waals surface area contributed by atoms with Crippen LogP contribution in [0.1, 0.15) is 11.4 Å². The fourth-order valence-electron chi connectivity index (χ4n) is 2.39. The summed E-state index contributed by atoms with van der Waals surface area (Å²) in [5, 5.41) is 8.01. The number of rotatable bonds is 2. The summed E-state index contributed by atoms with van der Waals surface area (Å²) in [6.45, 7) is 3.95. The molecule has 3 aromatic rings. The molecule has 0 radical (unpaired) electrons. The molecule has 7 nitrogen and oxygen atoms in total. The van der Waals surface area contributed by atoms with Gasteiger partial charge in [-0.25, -0.2) is 10.8 Å². The molecule has 3 rings (SSSR count). The van der Waals surface area contributed by atoms with Gasteiger partial charge in [0, 0.05) is 16.6 Å². The maximum atomic E-state index is 5.65. The van der Waals surface area contributed by atoms with Gasteiger partial charge in [0.25, 0.3) is 0 Å². The van der Waals surface area contributed by atoms with Crippen LogP contribution in [0, 0.1) is 13.8 Å². The molecule has 0 fully saturated rings. The van der Waals surface area contributed by atoms with Crippen LogP contribution in [0.2, 0.25) is 0 Å². The first-order valence-corrected chi connectivity index (χ1v) is 6.16. The van der Waals surface area contributed by atoms with Crippen LogP contribution in [0.15, 0.2) is 18.2 Å². The number of H-pyrrole nitrogens is 1. The lowest BCUT2D eigenvalue weighted by Crippen LogP contribution is -2.11. The number of hydrogen-bond donors (Lipinski definition) is 4. The van der Waals surface area contributed by atoms with Gasteiger partial charge in [0.2, 0.25) is 5.95 Å². The molecule has 1 aromatic carbocycles. The van der Waals surface area contributed by atoms with Gasteiger partial charge < -0.3 is 11.2 Å². The van der Waals surface area contributed by atoms with Gasteiger partial charge in [-0.1, -0.05) is 6.07 Å². The van der Waals surface area contributed by atoms with Crippen molar-refractivity contribution in [2.75, 3.05) is 11.2 Å². The van der Waals surface area contributed by atoms with Crippen LogP contribution in [-0.4, -0.2) is 20.2 Å². The van der Waals surface area contributed by atoms with Gasteiger partial charge in [0.1, 0.15) is 0 Å². The predicted octanol–water partition coefficient (Wildman–Crippen LogP) is 1.50. The Morgan fingerprint density at radius 2 is 2.00 bits per heavy atom. The molecule has 102 valence electrons. The van der Waals surface area contributed by atoms with Gasteiger partial charge >= 0.3 is 0 Å². The number of aromatic nitrogens is 4. The summed E-state index contributed by atoms with van der Waals surface area (Å²) in [6.07, 6.45) is 0. The lowest BCUT2D eigenvalue weighted by atomic mass is 10.0. The van der Waals surface area contributed by atoms with Crippen molar-refractivity contribution in [3.8, 4) is 11.1 Å². The van der Waals surface area contributed by atoms with Crippen molar-refractivity contribution in [2.24, 2.45) is 5.84 Å². The molecule has 0 spiro atoms. The van der Waals surface area contributed by atoms with Gasteiger partial charge in [-0.2, -0.15) is 10.1 Å². The first-order chi connectivity index (χ1) is 9.60. The number of hydrogen-bond acceptors (Lipinski definition) is 6. The van der Waals surface area contributed by atoms with E-state index in [1.165, 1.54) is 0 Å². The lowest BCUT2D eigenvalue weighted by Gasteiger charge is -2.08. The highest BCUT2D eigenvalue weighted by Gasteiger charge is 2.12. The molecular formula is C13H15N7. The van der Waals surface area contributed by atoms with Crippen LogP contribution in [0.25, 0.3) is 22.0 Å². The van der Waals surface area contributed by atoms with Crippen molar-refractivity contribution in [1.82, 2.24) is 20.2 Å². The second-order valence-electron chi connectivity index (χ2n) is 4.62. The van der Waals surface area contributed by atoms with E-state index in [4.69, 9.17) is 11.6 Å². The zero-order valence-electron chi connectivity index (χ0n) is 11.2. The monoisotopic (exact) mass is 269 g/mol. The molecule has 0 aliphatic carbocycles. The van der Waals surface area contributed by atoms with Crippen molar-refractivity contribution < 1.29 is 0 Å². The van der Waals surface area contributed by atoms with Crippen LogP contribution in [0.5, 0.6) is 0 Å². The Bertz CT molecular complexity index is 771. The second kappa shape index (κ2) is 4.46. The Morgan fingerprint density at radius 1 is 1.20 bits per heavy atom. The van der Waals surface area contributed by atoms with Crippen molar-refractivity contribution in [2.45, 2.75) is 13.8 Å². The summed E-state index contributed by atoms with van der Waals surface area (Å²) in [5.74, 6) is 6.20. The second-order valence-corrected chi connectivity index (χ2v) is 4.62. The van der Waals surface area contributed by atoms with Crippen molar-refractivity contribution in [3.05, 3.63) is 29.6 Å². The zero-order chi connectivity index (χ0) is 14.3. The maximum absolute atomic E-state index is 5.65. The molecule has 2 heterocycles. The number of hydrazine groups is 1. The highest BCUT2D eigenvalue weighted by molar-refractivity contribution is 5.93. The van der Waals surface area contributed by atoms with Crippen molar-refractivity contribution >= 4 is 22.7 Å². The van der Waals surface area contributed by atoms with E-state index in [0.29, 0.717) is 5.82 Å². The minimum Gasteiger partial charge on any atom is -0.368 e. The maximum Gasteiger partial charge on any atom is 0.222 e. The molecule has 2 aromatic heterocycles. The van der Waals surface area contributed by atoms with Crippen LogP contribution < -0.4 is 17.0 Å².